The van der Waals surface area contributed by atoms with E-state index in [2.05, 4.69) is 23.5 Å². The van der Waals surface area contributed by atoms with Crippen LogP contribution in [-0.4, -0.2) is 11.6 Å². The molecule has 110 valence electrons. The topological polar surface area (TPSA) is 41.5 Å². The van der Waals surface area contributed by atoms with Gasteiger partial charge in [-0.25, -0.2) is 5.43 Å². The fraction of sp³-hybridized carbons (Fsp3) is 0.200. The maximum atomic E-state index is 12.0. The summed E-state index contributed by atoms with van der Waals surface area (Å²) in [4.78, 5) is 14.4. The van der Waals surface area contributed by atoms with Gasteiger partial charge in [-0.05, 0) is 43.7 Å². The Morgan fingerprint density at radius 3 is 2.67 bits per heavy atom. The summed E-state index contributed by atoms with van der Waals surface area (Å²) in [6, 6.07) is 8.79. The zero-order valence-electron chi connectivity index (χ0n) is 11.6. The number of amides is 1. The molecule has 0 aliphatic heterocycles. The second-order valence-electron chi connectivity index (χ2n) is 4.38. The molecule has 0 saturated carbocycles. The van der Waals surface area contributed by atoms with Crippen molar-refractivity contribution in [2.75, 3.05) is 0 Å². The van der Waals surface area contributed by atoms with Crippen molar-refractivity contribution in [3.05, 3.63) is 55.7 Å². The first kappa shape index (κ1) is 16.0. The largest absolute Gasteiger partial charge is 0.272 e. The van der Waals surface area contributed by atoms with Crippen molar-refractivity contribution in [2.24, 2.45) is 5.10 Å². The number of rotatable bonds is 4. The molecule has 1 aromatic carbocycles. The van der Waals surface area contributed by atoms with Crippen LogP contribution in [0.5, 0.6) is 0 Å². The summed E-state index contributed by atoms with van der Waals surface area (Å²) in [5.41, 5.74) is 3.62. The smallest absolute Gasteiger partial charge is 0.267 e. The van der Waals surface area contributed by atoms with Crippen LogP contribution in [0, 0.1) is 0 Å². The number of aryl methyl sites for hydroxylation is 1. The summed E-state index contributed by atoms with van der Waals surface area (Å²) in [5.74, 6) is -0.358. The van der Waals surface area contributed by atoms with E-state index in [9.17, 15) is 4.79 Å². The number of hydrogen-bond donors (Lipinski definition) is 1. The Hall–Kier alpha value is -1.36. The minimum Gasteiger partial charge on any atom is -0.267 e. The molecule has 0 aliphatic rings. The molecule has 21 heavy (non-hydrogen) atoms. The molecule has 6 heteroatoms. The van der Waals surface area contributed by atoms with E-state index >= 15 is 0 Å². The lowest BCUT2D eigenvalue weighted by Gasteiger charge is -2.04. The number of nitrogens with one attached hydrogen (secondary N) is 1. The molecule has 0 radical (unpaired) electrons. The molecule has 0 aliphatic carbocycles. The van der Waals surface area contributed by atoms with Gasteiger partial charge < -0.3 is 0 Å². The Bertz CT molecular complexity index is 695. The molecule has 1 amide bonds. The third-order valence-electron chi connectivity index (χ3n) is 2.87. The summed E-state index contributed by atoms with van der Waals surface area (Å²) < 4.78 is 0. The number of hydrazone groups is 1. The van der Waals surface area contributed by atoms with Gasteiger partial charge >= 0.3 is 0 Å². The van der Waals surface area contributed by atoms with Crippen LogP contribution < -0.4 is 5.43 Å². The van der Waals surface area contributed by atoms with Gasteiger partial charge in [0.25, 0.3) is 5.91 Å². The number of hydrogen-bond acceptors (Lipinski definition) is 3. The highest BCUT2D eigenvalue weighted by Crippen LogP contribution is 2.21. The maximum absolute atomic E-state index is 12.0. The van der Waals surface area contributed by atoms with Crippen LogP contribution in [0.4, 0.5) is 0 Å². The summed E-state index contributed by atoms with van der Waals surface area (Å²) in [5, 5.41) is 4.91. The molecule has 0 spiro atoms. The minimum atomic E-state index is -0.358. The van der Waals surface area contributed by atoms with E-state index in [0.29, 0.717) is 15.6 Å². The summed E-state index contributed by atoms with van der Waals surface area (Å²) in [7, 11) is 0. The lowest BCUT2D eigenvalue weighted by Crippen LogP contribution is -2.19. The van der Waals surface area contributed by atoms with Crippen LogP contribution in [0.2, 0.25) is 10.0 Å². The van der Waals surface area contributed by atoms with E-state index in [4.69, 9.17) is 23.2 Å². The quantitative estimate of drug-likeness (QED) is 0.632. The third kappa shape index (κ3) is 4.06. The van der Waals surface area contributed by atoms with Gasteiger partial charge in [0.2, 0.25) is 0 Å². The molecule has 2 rings (SSSR count). The highest BCUT2D eigenvalue weighted by Gasteiger charge is 2.10. The van der Waals surface area contributed by atoms with E-state index in [1.165, 1.54) is 10.9 Å². The first-order valence-corrected chi connectivity index (χ1v) is 7.97. The molecule has 1 heterocycles. The highest BCUT2D eigenvalue weighted by atomic mass is 35.5. The molecule has 1 aromatic heterocycles. The maximum Gasteiger partial charge on any atom is 0.272 e. The van der Waals surface area contributed by atoms with Gasteiger partial charge in [-0.1, -0.05) is 30.1 Å². The number of nitrogens with zero attached hydrogens (tertiary/aromatic N) is 1. The molecular weight excluding hydrogens is 327 g/mol. The van der Waals surface area contributed by atoms with Crippen LogP contribution in [0.1, 0.15) is 34.0 Å². The molecule has 1 N–H and O–H groups in total. The monoisotopic (exact) mass is 340 g/mol. The number of carbonyl (C=O) groups excluding carboxylic acids is 1. The average Bonchev–Trinajstić information content (AvgIpc) is 2.93. The summed E-state index contributed by atoms with van der Waals surface area (Å²) in [6.07, 6.45) is 0.991. The molecule has 0 fully saturated rings. The van der Waals surface area contributed by atoms with Gasteiger partial charge in [0.05, 0.1) is 21.2 Å². The lowest BCUT2D eigenvalue weighted by atomic mass is 10.2. The molecule has 3 nitrogen and oxygen atoms in total. The third-order valence-corrected chi connectivity index (χ3v) is 4.75. The van der Waals surface area contributed by atoms with Crippen LogP contribution in [0.25, 0.3) is 0 Å². The lowest BCUT2D eigenvalue weighted by molar-refractivity contribution is 0.0955. The van der Waals surface area contributed by atoms with Gasteiger partial charge in [0.15, 0.2) is 0 Å². The van der Waals surface area contributed by atoms with Gasteiger partial charge in [0, 0.05) is 9.90 Å². The standard InChI is InChI=1S/C15H14Cl2N2OS/c1-3-11-5-7-14(21-11)9(2)18-19-15(20)12-6-4-10(16)8-13(12)17/h4-8H,3H2,1-2H3,(H,19,20)/b18-9-. The van der Waals surface area contributed by atoms with Crippen molar-refractivity contribution in [1.82, 2.24) is 5.43 Å². The Morgan fingerprint density at radius 1 is 1.29 bits per heavy atom. The zero-order valence-corrected chi connectivity index (χ0v) is 13.9. The number of halogens is 2. The van der Waals surface area contributed by atoms with Crippen LogP contribution in [0.3, 0.4) is 0 Å². The van der Waals surface area contributed by atoms with Crippen molar-refractivity contribution >= 4 is 46.2 Å². The Kier molecular flexibility index (Phi) is 5.39. The van der Waals surface area contributed by atoms with Crippen LogP contribution in [0.15, 0.2) is 35.4 Å². The summed E-state index contributed by atoms with van der Waals surface area (Å²) in [6.45, 7) is 3.96. The van der Waals surface area contributed by atoms with E-state index in [-0.39, 0.29) is 5.91 Å². The second kappa shape index (κ2) is 7.07. The molecule has 0 unspecified atom stereocenters. The first-order chi connectivity index (χ1) is 10.0. The molecule has 2 aromatic rings. The van der Waals surface area contributed by atoms with E-state index < -0.39 is 0 Å². The predicted octanol–water partition coefficient (Wildman–Crippen LogP) is 4.77. The van der Waals surface area contributed by atoms with E-state index in [1.807, 2.05) is 13.0 Å². The molecule has 0 saturated heterocycles. The Morgan fingerprint density at radius 2 is 2.05 bits per heavy atom. The molecule has 0 bridgehead atoms. The van der Waals surface area contributed by atoms with Crippen molar-refractivity contribution < 1.29 is 4.79 Å². The number of carbonyl (C=O) groups is 1. The highest BCUT2D eigenvalue weighted by molar-refractivity contribution is 7.14. The van der Waals surface area contributed by atoms with Crippen molar-refractivity contribution in [3.8, 4) is 0 Å². The van der Waals surface area contributed by atoms with E-state index in [1.54, 1.807) is 23.5 Å². The van der Waals surface area contributed by atoms with Gasteiger partial charge in [-0.15, -0.1) is 11.3 Å². The van der Waals surface area contributed by atoms with Crippen molar-refractivity contribution in [3.63, 3.8) is 0 Å². The normalized spacial score (nSPS) is 11.5. The van der Waals surface area contributed by atoms with Crippen molar-refractivity contribution in [2.45, 2.75) is 20.3 Å². The molecular formula is C15H14Cl2N2OS. The van der Waals surface area contributed by atoms with Gasteiger partial charge in [-0.2, -0.15) is 5.10 Å². The Balaban J connectivity index is 2.10. The molecule has 0 atom stereocenters. The number of thiophene rings is 1. The summed E-state index contributed by atoms with van der Waals surface area (Å²) >= 11 is 13.5. The van der Waals surface area contributed by atoms with Gasteiger partial charge in [-0.3, -0.25) is 4.79 Å². The SMILES string of the molecule is CCc1ccc(/C(C)=N\NC(=O)c2ccc(Cl)cc2Cl)s1. The number of benzene rings is 1. The van der Waals surface area contributed by atoms with Gasteiger partial charge in [0.1, 0.15) is 0 Å². The Labute approximate surface area is 137 Å². The minimum absolute atomic E-state index is 0.303. The first-order valence-electron chi connectivity index (χ1n) is 6.40. The van der Waals surface area contributed by atoms with E-state index in [0.717, 1.165) is 17.0 Å². The second-order valence-corrected chi connectivity index (χ2v) is 6.39. The zero-order chi connectivity index (χ0) is 15.4. The fourth-order valence-corrected chi connectivity index (χ4v) is 3.07. The van der Waals surface area contributed by atoms with Crippen molar-refractivity contribution in [1.29, 1.82) is 0 Å². The average molecular weight is 341 g/mol. The fourth-order valence-electron chi connectivity index (χ4n) is 1.69. The predicted molar refractivity (Wildman–Crippen MR) is 89.8 cm³/mol. The van der Waals surface area contributed by atoms with Crippen LogP contribution in [-0.2, 0) is 6.42 Å². The van der Waals surface area contributed by atoms with Crippen LogP contribution >= 0.6 is 34.5 Å².